The van der Waals surface area contributed by atoms with Crippen LogP contribution in [0.4, 0.5) is 4.39 Å². The van der Waals surface area contributed by atoms with Crippen molar-refractivity contribution in [1.29, 1.82) is 0 Å². The molecular formula is C15H22FNO2. The van der Waals surface area contributed by atoms with Gasteiger partial charge in [0.25, 0.3) is 0 Å². The minimum Gasteiger partial charge on any atom is -0.493 e. The summed E-state index contributed by atoms with van der Waals surface area (Å²) in [4.78, 5) is 0. The maximum absolute atomic E-state index is 13.2. The maximum Gasteiger partial charge on any atom is 0.126 e. The molecule has 1 aliphatic rings. The lowest BCUT2D eigenvalue weighted by atomic mass is 10.1. The second kappa shape index (κ2) is 6.87. The zero-order valence-electron chi connectivity index (χ0n) is 11.4. The first-order chi connectivity index (χ1) is 9.16. The molecule has 1 aromatic rings. The minimum absolute atomic E-state index is 0.159. The van der Waals surface area contributed by atoms with Crippen molar-refractivity contribution in [2.45, 2.75) is 44.8 Å². The molecule has 0 aromatic heterocycles. The summed E-state index contributed by atoms with van der Waals surface area (Å²) in [6.07, 6.45) is 4.60. The van der Waals surface area contributed by atoms with Gasteiger partial charge >= 0.3 is 0 Å². The Labute approximate surface area is 113 Å². The van der Waals surface area contributed by atoms with Crippen molar-refractivity contribution in [2.24, 2.45) is 5.73 Å². The Hall–Kier alpha value is -1.13. The van der Waals surface area contributed by atoms with Crippen LogP contribution in [0.1, 0.15) is 44.2 Å². The van der Waals surface area contributed by atoms with Crippen molar-refractivity contribution in [2.75, 3.05) is 13.2 Å². The van der Waals surface area contributed by atoms with Crippen LogP contribution in [-0.2, 0) is 4.74 Å². The van der Waals surface area contributed by atoms with Crippen LogP contribution >= 0.6 is 0 Å². The number of rotatable bonds is 6. The molecule has 3 nitrogen and oxygen atoms in total. The van der Waals surface area contributed by atoms with Gasteiger partial charge in [-0.05, 0) is 38.7 Å². The third-order valence-electron chi connectivity index (χ3n) is 3.42. The lowest BCUT2D eigenvalue weighted by Crippen LogP contribution is -2.11. The standard InChI is InChI=1S/C15H22FNO2/c1-11(17)14-7-6-12(16)10-15(14)19-9-3-5-13-4-2-8-18-13/h6-7,10-11,13H,2-5,8-9,17H2,1H3/t11-,13?/m1/s1. The number of benzene rings is 1. The zero-order valence-corrected chi connectivity index (χ0v) is 11.4. The monoisotopic (exact) mass is 267 g/mol. The molecule has 2 N–H and O–H groups in total. The molecule has 2 rings (SSSR count). The van der Waals surface area contributed by atoms with E-state index in [4.69, 9.17) is 15.2 Å². The van der Waals surface area contributed by atoms with E-state index in [-0.39, 0.29) is 11.9 Å². The molecule has 1 saturated heterocycles. The predicted molar refractivity (Wildman–Crippen MR) is 72.7 cm³/mol. The highest BCUT2D eigenvalue weighted by Gasteiger charge is 2.15. The van der Waals surface area contributed by atoms with Crippen molar-refractivity contribution in [3.05, 3.63) is 29.6 Å². The molecule has 1 aromatic carbocycles. The molecule has 2 atom stereocenters. The van der Waals surface area contributed by atoms with Crippen LogP contribution < -0.4 is 10.5 Å². The SMILES string of the molecule is C[C@@H](N)c1ccc(F)cc1OCCCC1CCCO1. The summed E-state index contributed by atoms with van der Waals surface area (Å²) in [5.74, 6) is 0.265. The van der Waals surface area contributed by atoms with Crippen molar-refractivity contribution < 1.29 is 13.9 Å². The third-order valence-corrected chi connectivity index (χ3v) is 3.42. The van der Waals surface area contributed by atoms with Gasteiger partial charge < -0.3 is 15.2 Å². The van der Waals surface area contributed by atoms with Crippen LogP contribution in [0.3, 0.4) is 0 Å². The highest BCUT2D eigenvalue weighted by molar-refractivity contribution is 5.36. The Balaban J connectivity index is 1.82. The highest BCUT2D eigenvalue weighted by Crippen LogP contribution is 2.25. The summed E-state index contributed by atoms with van der Waals surface area (Å²) in [7, 11) is 0. The summed E-state index contributed by atoms with van der Waals surface area (Å²) in [5.41, 5.74) is 6.69. The Morgan fingerprint density at radius 1 is 1.53 bits per heavy atom. The first-order valence-corrected chi connectivity index (χ1v) is 6.96. The van der Waals surface area contributed by atoms with Crippen LogP contribution in [-0.4, -0.2) is 19.3 Å². The van der Waals surface area contributed by atoms with Gasteiger partial charge in [-0.1, -0.05) is 6.07 Å². The summed E-state index contributed by atoms with van der Waals surface area (Å²) in [6.45, 7) is 3.32. The first-order valence-electron chi connectivity index (χ1n) is 6.96. The fourth-order valence-corrected chi connectivity index (χ4v) is 2.37. The van der Waals surface area contributed by atoms with Gasteiger partial charge in [0.1, 0.15) is 11.6 Å². The van der Waals surface area contributed by atoms with Gasteiger partial charge in [0.2, 0.25) is 0 Å². The summed E-state index contributed by atoms with van der Waals surface area (Å²) < 4.78 is 24.4. The van der Waals surface area contributed by atoms with E-state index in [0.29, 0.717) is 18.5 Å². The molecule has 0 saturated carbocycles. The topological polar surface area (TPSA) is 44.5 Å². The van der Waals surface area contributed by atoms with Gasteiger partial charge in [-0.3, -0.25) is 0 Å². The number of nitrogens with two attached hydrogens (primary N) is 1. The molecule has 1 unspecified atom stereocenters. The molecular weight excluding hydrogens is 245 g/mol. The van der Waals surface area contributed by atoms with Crippen molar-refractivity contribution in [3.8, 4) is 5.75 Å². The summed E-state index contributed by atoms with van der Waals surface area (Å²) >= 11 is 0. The van der Waals surface area contributed by atoms with Gasteiger partial charge in [0.15, 0.2) is 0 Å². The van der Waals surface area contributed by atoms with Crippen LogP contribution in [0.5, 0.6) is 5.75 Å². The van der Waals surface area contributed by atoms with Crippen LogP contribution in [0.2, 0.25) is 0 Å². The average Bonchev–Trinajstić information content (AvgIpc) is 2.87. The normalized spacial score (nSPS) is 20.5. The van der Waals surface area contributed by atoms with Crippen molar-refractivity contribution in [3.63, 3.8) is 0 Å². The fraction of sp³-hybridized carbons (Fsp3) is 0.600. The van der Waals surface area contributed by atoms with Gasteiger partial charge in [-0.2, -0.15) is 0 Å². The molecule has 19 heavy (non-hydrogen) atoms. The molecule has 4 heteroatoms. The first kappa shape index (κ1) is 14.3. The predicted octanol–water partition coefficient (Wildman–Crippen LogP) is 3.18. The van der Waals surface area contributed by atoms with Crippen LogP contribution in [0, 0.1) is 5.82 Å². The molecule has 0 bridgehead atoms. The third kappa shape index (κ3) is 4.18. The smallest absolute Gasteiger partial charge is 0.126 e. The largest absolute Gasteiger partial charge is 0.493 e. The van der Waals surface area contributed by atoms with E-state index in [2.05, 4.69) is 0 Å². The van der Waals surface area contributed by atoms with Crippen molar-refractivity contribution >= 4 is 0 Å². The molecule has 0 radical (unpaired) electrons. The molecule has 1 aliphatic heterocycles. The number of halogens is 1. The van der Waals surface area contributed by atoms with Gasteiger partial charge in [0, 0.05) is 24.3 Å². The minimum atomic E-state index is -0.293. The molecule has 106 valence electrons. The van der Waals surface area contributed by atoms with E-state index in [1.54, 1.807) is 6.07 Å². The lowest BCUT2D eigenvalue weighted by Gasteiger charge is -2.15. The zero-order chi connectivity index (χ0) is 13.7. The second-order valence-corrected chi connectivity index (χ2v) is 5.10. The summed E-state index contributed by atoms with van der Waals surface area (Å²) in [5, 5.41) is 0. The average molecular weight is 267 g/mol. The Bertz CT molecular complexity index is 403. The summed E-state index contributed by atoms with van der Waals surface area (Å²) in [6, 6.07) is 4.35. The van der Waals surface area contributed by atoms with Gasteiger partial charge in [-0.25, -0.2) is 4.39 Å². The Kier molecular flexibility index (Phi) is 5.16. The lowest BCUT2D eigenvalue weighted by molar-refractivity contribution is 0.0980. The second-order valence-electron chi connectivity index (χ2n) is 5.10. The maximum atomic E-state index is 13.2. The van der Waals surface area contributed by atoms with E-state index in [0.717, 1.165) is 37.9 Å². The molecule has 0 spiro atoms. The fourth-order valence-electron chi connectivity index (χ4n) is 2.37. The Morgan fingerprint density at radius 2 is 2.37 bits per heavy atom. The van der Waals surface area contributed by atoms with E-state index in [9.17, 15) is 4.39 Å². The molecule has 0 aliphatic carbocycles. The molecule has 0 amide bonds. The highest BCUT2D eigenvalue weighted by atomic mass is 19.1. The number of hydrogen-bond acceptors (Lipinski definition) is 3. The van der Waals surface area contributed by atoms with Crippen LogP contribution in [0.15, 0.2) is 18.2 Å². The quantitative estimate of drug-likeness (QED) is 0.805. The Morgan fingerprint density at radius 3 is 3.05 bits per heavy atom. The van der Waals surface area contributed by atoms with E-state index >= 15 is 0 Å². The van der Waals surface area contributed by atoms with E-state index in [1.165, 1.54) is 12.1 Å². The number of ether oxygens (including phenoxy) is 2. The van der Waals surface area contributed by atoms with Crippen LogP contribution in [0.25, 0.3) is 0 Å². The van der Waals surface area contributed by atoms with Crippen molar-refractivity contribution in [1.82, 2.24) is 0 Å². The molecule has 1 fully saturated rings. The van der Waals surface area contributed by atoms with Gasteiger partial charge in [-0.15, -0.1) is 0 Å². The van der Waals surface area contributed by atoms with E-state index < -0.39 is 0 Å². The number of hydrogen-bond donors (Lipinski definition) is 1. The van der Waals surface area contributed by atoms with Gasteiger partial charge in [0.05, 0.1) is 12.7 Å². The van der Waals surface area contributed by atoms with E-state index in [1.807, 2.05) is 6.92 Å². The molecule has 1 heterocycles.